The van der Waals surface area contributed by atoms with E-state index in [4.69, 9.17) is 0 Å². The molecule has 2 amide bonds. The van der Waals surface area contributed by atoms with Crippen molar-refractivity contribution in [3.05, 3.63) is 95.1 Å². The summed E-state index contributed by atoms with van der Waals surface area (Å²) in [5, 5.41) is 5.82. The van der Waals surface area contributed by atoms with Crippen LogP contribution >= 0.6 is 0 Å². The summed E-state index contributed by atoms with van der Waals surface area (Å²) in [6.45, 7) is 4.35. The second kappa shape index (κ2) is 11.8. The van der Waals surface area contributed by atoms with Crippen molar-refractivity contribution in [1.29, 1.82) is 0 Å². The molecule has 0 aliphatic heterocycles. The lowest BCUT2D eigenvalue weighted by Gasteiger charge is -2.09. The van der Waals surface area contributed by atoms with Gasteiger partial charge in [-0.25, -0.2) is 0 Å². The molecule has 3 rings (SSSR count). The maximum Gasteiger partial charge on any atom is 0.255 e. The second-order valence-corrected chi connectivity index (χ2v) is 8.09. The van der Waals surface area contributed by atoms with Crippen molar-refractivity contribution in [2.45, 2.75) is 52.4 Å². The van der Waals surface area contributed by atoms with E-state index in [1.807, 2.05) is 48.5 Å². The minimum absolute atomic E-state index is 0.235. The molecule has 0 unspecified atom stereocenters. The summed E-state index contributed by atoms with van der Waals surface area (Å²) >= 11 is 0. The summed E-state index contributed by atoms with van der Waals surface area (Å²) in [6, 6.07) is 22.6. The number of benzene rings is 3. The number of rotatable bonds is 10. The maximum atomic E-state index is 12.7. The van der Waals surface area contributed by atoms with Crippen molar-refractivity contribution in [2.75, 3.05) is 10.6 Å². The number of hydrogen-bond acceptors (Lipinski definition) is 2. The van der Waals surface area contributed by atoms with Crippen LogP contribution in [0.1, 0.15) is 71.4 Å². The molecule has 0 aliphatic carbocycles. The van der Waals surface area contributed by atoms with E-state index in [1.54, 1.807) is 24.3 Å². The summed E-state index contributed by atoms with van der Waals surface area (Å²) < 4.78 is 0. The maximum absolute atomic E-state index is 12.7. The van der Waals surface area contributed by atoms with Gasteiger partial charge in [-0.2, -0.15) is 0 Å². The smallest absolute Gasteiger partial charge is 0.255 e. The van der Waals surface area contributed by atoms with Crippen LogP contribution in [0.2, 0.25) is 0 Å². The SMILES string of the molecule is CCCCc1ccc(NC(=O)c2cccc(C(=O)Nc3ccc(CCCC)cc3)c2)cc1. The highest BCUT2D eigenvalue weighted by Gasteiger charge is 2.11. The zero-order valence-corrected chi connectivity index (χ0v) is 19.0. The van der Waals surface area contributed by atoms with E-state index in [0.717, 1.165) is 49.9 Å². The third kappa shape index (κ3) is 6.81. The highest BCUT2D eigenvalue weighted by atomic mass is 16.2. The van der Waals surface area contributed by atoms with Crippen LogP contribution in [0.3, 0.4) is 0 Å². The average molecular weight is 429 g/mol. The van der Waals surface area contributed by atoms with E-state index in [9.17, 15) is 9.59 Å². The zero-order valence-electron chi connectivity index (χ0n) is 19.0. The minimum Gasteiger partial charge on any atom is -0.322 e. The third-order valence-corrected chi connectivity index (χ3v) is 5.45. The Balaban J connectivity index is 1.61. The van der Waals surface area contributed by atoms with Gasteiger partial charge in [0.2, 0.25) is 0 Å². The second-order valence-electron chi connectivity index (χ2n) is 8.09. The van der Waals surface area contributed by atoms with Crippen LogP contribution in [0.25, 0.3) is 0 Å². The molecule has 0 aliphatic rings. The van der Waals surface area contributed by atoms with Gasteiger partial charge in [0, 0.05) is 22.5 Å². The van der Waals surface area contributed by atoms with E-state index in [2.05, 4.69) is 24.5 Å². The molecule has 0 fully saturated rings. The highest BCUT2D eigenvalue weighted by molar-refractivity contribution is 6.08. The lowest BCUT2D eigenvalue weighted by Crippen LogP contribution is -2.15. The monoisotopic (exact) mass is 428 g/mol. The Morgan fingerprint density at radius 2 is 1.03 bits per heavy atom. The van der Waals surface area contributed by atoms with Gasteiger partial charge in [0.1, 0.15) is 0 Å². The van der Waals surface area contributed by atoms with Crippen LogP contribution in [0.5, 0.6) is 0 Å². The molecule has 2 N–H and O–H groups in total. The molecule has 0 saturated heterocycles. The number of carbonyl (C=O) groups is 2. The molecule has 166 valence electrons. The molecule has 0 heterocycles. The molecule has 4 nitrogen and oxygen atoms in total. The van der Waals surface area contributed by atoms with Crippen molar-refractivity contribution in [1.82, 2.24) is 0 Å². The fourth-order valence-electron chi connectivity index (χ4n) is 3.48. The number of carbonyl (C=O) groups excluding carboxylic acids is 2. The third-order valence-electron chi connectivity index (χ3n) is 5.45. The molecule has 32 heavy (non-hydrogen) atoms. The summed E-state index contributed by atoms with van der Waals surface area (Å²) in [7, 11) is 0. The summed E-state index contributed by atoms with van der Waals surface area (Å²) in [6.07, 6.45) is 6.72. The van der Waals surface area contributed by atoms with Crippen molar-refractivity contribution < 1.29 is 9.59 Å². The topological polar surface area (TPSA) is 58.2 Å². The lowest BCUT2D eigenvalue weighted by atomic mass is 10.1. The van der Waals surface area contributed by atoms with E-state index in [-0.39, 0.29) is 11.8 Å². The van der Waals surface area contributed by atoms with Crippen molar-refractivity contribution in [2.24, 2.45) is 0 Å². The van der Waals surface area contributed by atoms with Crippen LogP contribution in [0.4, 0.5) is 11.4 Å². The largest absolute Gasteiger partial charge is 0.322 e. The Labute approximate surface area is 191 Å². The van der Waals surface area contributed by atoms with Gasteiger partial charge >= 0.3 is 0 Å². The van der Waals surface area contributed by atoms with E-state index < -0.39 is 0 Å². The van der Waals surface area contributed by atoms with E-state index in [0.29, 0.717) is 11.1 Å². The molecule has 0 atom stereocenters. The Morgan fingerprint density at radius 3 is 1.41 bits per heavy atom. The normalized spacial score (nSPS) is 10.6. The Bertz CT molecular complexity index is 943. The number of aryl methyl sites for hydroxylation is 2. The fourth-order valence-corrected chi connectivity index (χ4v) is 3.48. The molecule has 0 aromatic heterocycles. The first-order valence-corrected chi connectivity index (χ1v) is 11.5. The van der Waals surface area contributed by atoms with Crippen LogP contribution in [-0.2, 0) is 12.8 Å². The summed E-state index contributed by atoms with van der Waals surface area (Å²) in [5.41, 5.74) is 4.91. The van der Waals surface area contributed by atoms with Gasteiger partial charge in [-0.05, 0) is 79.3 Å². The van der Waals surface area contributed by atoms with Crippen LogP contribution in [-0.4, -0.2) is 11.8 Å². The number of unbranched alkanes of at least 4 members (excludes halogenated alkanes) is 2. The van der Waals surface area contributed by atoms with Gasteiger partial charge in [0.15, 0.2) is 0 Å². The van der Waals surface area contributed by atoms with E-state index in [1.165, 1.54) is 11.1 Å². The van der Waals surface area contributed by atoms with Gasteiger partial charge in [-0.3, -0.25) is 9.59 Å². The number of hydrogen-bond donors (Lipinski definition) is 2. The number of amides is 2. The fraction of sp³-hybridized carbons (Fsp3) is 0.286. The van der Waals surface area contributed by atoms with Gasteiger partial charge in [0.05, 0.1) is 0 Å². The molecule has 3 aromatic rings. The average Bonchev–Trinajstić information content (AvgIpc) is 2.83. The molecule has 0 radical (unpaired) electrons. The van der Waals surface area contributed by atoms with Crippen LogP contribution in [0.15, 0.2) is 72.8 Å². The molecular formula is C28H32N2O2. The van der Waals surface area contributed by atoms with Crippen molar-refractivity contribution in [3.8, 4) is 0 Å². The Morgan fingerprint density at radius 1 is 0.625 bits per heavy atom. The predicted octanol–water partition coefficient (Wildman–Crippen LogP) is 6.88. The molecule has 0 spiro atoms. The first-order valence-electron chi connectivity index (χ1n) is 11.5. The molecule has 3 aromatic carbocycles. The zero-order chi connectivity index (χ0) is 22.8. The first-order chi connectivity index (χ1) is 15.6. The number of anilines is 2. The van der Waals surface area contributed by atoms with Gasteiger partial charge in [-0.15, -0.1) is 0 Å². The summed E-state index contributed by atoms with van der Waals surface area (Å²) in [5.74, 6) is -0.470. The summed E-state index contributed by atoms with van der Waals surface area (Å²) in [4.78, 5) is 25.4. The number of nitrogens with one attached hydrogen (secondary N) is 2. The van der Waals surface area contributed by atoms with Crippen molar-refractivity contribution >= 4 is 23.2 Å². The van der Waals surface area contributed by atoms with E-state index >= 15 is 0 Å². The van der Waals surface area contributed by atoms with Gasteiger partial charge < -0.3 is 10.6 Å². The quantitative estimate of drug-likeness (QED) is 0.370. The van der Waals surface area contributed by atoms with Gasteiger partial charge in [-0.1, -0.05) is 57.0 Å². The highest BCUT2D eigenvalue weighted by Crippen LogP contribution is 2.16. The molecular weight excluding hydrogens is 396 g/mol. The molecule has 0 bridgehead atoms. The molecule has 0 saturated carbocycles. The lowest BCUT2D eigenvalue weighted by molar-refractivity contribution is 0.102. The Kier molecular flexibility index (Phi) is 8.61. The molecule has 4 heteroatoms. The minimum atomic E-state index is -0.235. The predicted molar refractivity (Wildman–Crippen MR) is 132 cm³/mol. The standard InChI is InChI=1S/C28H32N2O2/c1-3-5-8-21-12-16-25(17-13-21)29-27(31)23-10-7-11-24(20-23)28(32)30-26-18-14-22(15-19-26)9-6-4-2/h7,10-20H,3-6,8-9H2,1-2H3,(H,29,31)(H,30,32). The van der Waals surface area contributed by atoms with Crippen molar-refractivity contribution in [3.63, 3.8) is 0 Å². The van der Waals surface area contributed by atoms with Crippen LogP contribution < -0.4 is 10.6 Å². The first kappa shape index (κ1) is 23.3. The Hall–Kier alpha value is -3.40. The van der Waals surface area contributed by atoms with Gasteiger partial charge in [0.25, 0.3) is 11.8 Å². The van der Waals surface area contributed by atoms with Crippen LogP contribution in [0, 0.1) is 0 Å².